The SMILES string of the molecule is CCCOc1ccc(C(=O)NCc2cc(-c3ccc(OC)c(C(=O)O)c3)ccc2OC)c(Cl)c1. The molecule has 0 aliphatic rings. The Bertz CT molecular complexity index is 1190. The van der Waals surface area contributed by atoms with Crippen LogP contribution in [0.15, 0.2) is 54.6 Å². The number of amides is 1. The van der Waals surface area contributed by atoms with Gasteiger partial charge in [-0.1, -0.05) is 30.7 Å². The van der Waals surface area contributed by atoms with E-state index in [2.05, 4.69) is 5.32 Å². The average Bonchev–Trinajstić information content (AvgIpc) is 2.85. The first-order valence-corrected chi connectivity index (χ1v) is 11.0. The highest BCUT2D eigenvalue weighted by atomic mass is 35.5. The van der Waals surface area contributed by atoms with Gasteiger partial charge in [0.15, 0.2) is 0 Å². The molecule has 2 N–H and O–H groups in total. The van der Waals surface area contributed by atoms with Crippen LogP contribution in [0.2, 0.25) is 5.02 Å². The Balaban J connectivity index is 1.82. The molecule has 0 spiro atoms. The van der Waals surface area contributed by atoms with E-state index in [9.17, 15) is 14.7 Å². The van der Waals surface area contributed by atoms with Crippen LogP contribution in [0.25, 0.3) is 11.1 Å². The number of benzene rings is 3. The summed E-state index contributed by atoms with van der Waals surface area (Å²) < 4.78 is 16.1. The van der Waals surface area contributed by atoms with Crippen molar-refractivity contribution >= 4 is 23.5 Å². The van der Waals surface area contributed by atoms with Crippen LogP contribution >= 0.6 is 11.6 Å². The Morgan fingerprint density at radius 3 is 2.21 bits per heavy atom. The molecule has 0 aromatic heterocycles. The minimum Gasteiger partial charge on any atom is -0.496 e. The third-order valence-corrected chi connectivity index (χ3v) is 5.45. The normalized spacial score (nSPS) is 10.5. The fourth-order valence-electron chi connectivity index (χ4n) is 3.41. The van der Waals surface area contributed by atoms with Gasteiger partial charge in [0.25, 0.3) is 5.91 Å². The molecule has 0 atom stereocenters. The van der Waals surface area contributed by atoms with Gasteiger partial charge in [-0.2, -0.15) is 0 Å². The van der Waals surface area contributed by atoms with Gasteiger partial charge in [0, 0.05) is 12.1 Å². The molecule has 3 aromatic rings. The minimum atomic E-state index is -1.08. The van der Waals surface area contributed by atoms with E-state index in [1.807, 2.05) is 19.1 Å². The molecule has 3 rings (SSSR count). The monoisotopic (exact) mass is 483 g/mol. The Hall–Kier alpha value is -3.71. The number of halogens is 1. The quantitative estimate of drug-likeness (QED) is 0.398. The maximum Gasteiger partial charge on any atom is 0.339 e. The second-order valence-electron chi connectivity index (χ2n) is 7.42. The van der Waals surface area contributed by atoms with Gasteiger partial charge in [-0.15, -0.1) is 0 Å². The number of carboxylic acid groups (broad SMARTS) is 1. The number of methoxy groups -OCH3 is 2. The first kappa shape index (κ1) is 24.9. The molecule has 178 valence electrons. The number of nitrogens with one attached hydrogen (secondary N) is 1. The number of ether oxygens (including phenoxy) is 3. The molecule has 1 amide bonds. The van der Waals surface area contributed by atoms with Crippen molar-refractivity contribution in [1.29, 1.82) is 0 Å². The van der Waals surface area contributed by atoms with Gasteiger partial charge in [0.2, 0.25) is 0 Å². The van der Waals surface area contributed by atoms with Gasteiger partial charge in [0.1, 0.15) is 22.8 Å². The molecule has 0 aliphatic heterocycles. The summed E-state index contributed by atoms with van der Waals surface area (Å²) in [7, 11) is 2.97. The number of carbonyl (C=O) groups excluding carboxylic acids is 1. The number of aromatic carboxylic acids is 1. The van der Waals surface area contributed by atoms with Crippen LogP contribution in [0.3, 0.4) is 0 Å². The van der Waals surface area contributed by atoms with Gasteiger partial charge < -0.3 is 24.6 Å². The van der Waals surface area contributed by atoms with Crippen LogP contribution in [0, 0.1) is 0 Å². The standard InChI is InChI=1S/C26H26ClNO6/c1-4-11-34-19-7-8-20(22(27)14-19)25(29)28-15-18-12-16(5-9-23(18)32-2)17-6-10-24(33-3)21(13-17)26(30)31/h5-10,12-14H,4,11,15H2,1-3H3,(H,28,29)(H,30,31). The summed E-state index contributed by atoms with van der Waals surface area (Å²) in [5.41, 5.74) is 2.58. The predicted octanol–water partition coefficient (Wildman–Crippen LogP) is 5.44. The van der Waals surface area contributed by atoms with Crippen LogP contribution < -0.4 is 19.5 Å². The Morgan fingerprint density at radius 2 is 1.59 bits per heavy atom. The van der Waals surface area contributed by atoms with E-state index in [4.69, 9.17) is 25.8 Å². The van der Waals surface area contributed by atoms with Crippen LogP contribution in [-0.2, 0) is 6.54 Å². The summed E-state index contributed by atoms with van der Waals surface area (Å²) in [5.74, 6) is 0.0588. The zero-order valence-corrected chi connectivity index (χ0v) is 19.9. The van der Waals surface area contributed by atoms with Crippen molar-refractivity contribution in [3.8, 4) is 28.4 Å². The lowest BCUT2D eigenvalue weighted by atomic mass is 9.99. The molecule has 0 saturated carbocycles. The third kappa shape index (κ3) is 5.80. The van der Waals surface area contributed by atoms with E-state index in [1.54, 1.807) is 49.6 Å². The molecule has 3 aromatic carbocycles. The van der Waals surface area contributed by atoms with Crippen molar-refractivity contribution < 1.29 is 28.9 Å². The summed E-state index contributed by atoms with van der Waals surface area (Å²) in [5, 5.41) is 12.6. The number of carboxylic acids is 1. The number of rotatable bonds is 10. The molecular formula is C26H26ClNO6. The molecule has 0 heterocycles. The van der Waals surface area contributed by atoms with Gasteiger partial charge >= 0.3 is 5.97 Å². The highest BCUT2D eigenvalue weighted by Crippen LogP contribution is 2.30. The highest BCUT2D eigenvalue weighted by molar-refractivity contribution is 6.34. The van der Waals surface area contributed by atoms with Gasteiger partial charge in [-0.05, 0) is 60.0 Å². The Morgan fingerprint density at radius 1 is 0.912 bits per heavy atom. The molecule has 0 radical (unpaired) electrons. The maximum atomic E-state index is 12.8. The van der Waals surface area contributed by atoms with Crippen molar-refractivity contribution in [1.82, 2.24) is 5.32 Å². The number of hydrogen-bond donors (Lipinski definition) is 2. The van der Waals surface area contributed by atoms with Crippen LogP contribution in [-0.4, -0.2) is 37.8 Å². The molecule has 0 bridgehead atoms. The summed E-state index contributed by atoms with van der Waals surface area (Å²) >= 11 is 6.29. The zero-order valence-electron chi connectivity index (χ0n) is 19.2. The third-order valence-electron chi connectivity index (χ3n) is 5.14. The smallest absolute Gasteiger partial charge is 0.339 e. The lowest BCUT2D eigenvalue weighted by Gasteiger charge is -2.14. The van der Waals surface area contributed by atoms with E-state index in [-0.39, 0.29) is 23.8 Å². The molecule has 0 saturated heterocycles. The number of carbonyl (C=O) groups is 2. The number of hydrogen-bond acceptors (Lipinski definition) is 5. The fourth-order valence-corrected chi connectivity index (χ4v) is 3.67. The van der Waals surface area contributed by atoms with E-state index in [0.717, 1.165) is 17.5 Å². The lowest BCUT2D eigenvalue weighted by Crippen LogP contribution is -2.23. The zero-order chi connectivity index (χ0) is 24.7. The second kappa shape index (κ2) is 11.4. The topological polar surface area (TPSA) is 94.1 Å². The highest BCUT2D eigenvalue weighted by Gasteiger charge is 2.15. The van der Waals surface area contributed by atoms with Crippen molar-refractivity contribution in [3.63, 3.8) is 0 Å². The second-order valence-corrected chi connectivity index (χ2v) is 7.83. The average molecular weight is 484 g/mol. The Labute approximate surface area is 203 Å². The summed E-state index contributed by atoms with van der Waals surface area (Å²) in [6.07, 6.45) is 0.870. The maximum absolute atomic E-state index is 12.8. The first-order valence-electron chi connectivity index (χ1n) is 10.7. The summed E-state index contributed by atoms with van der Waals surface area (Å²) in [6, 6.07) is 15.3. The Kier molecular flexibility index (Phi) is 8.38. The molecular weight excluding hydrogens is 458 g/mol. The van der Waals surface area contributed by atoms with E-state index >= 15 is 0 Å². The van der Waals surface area contributed by atoms with Crippen molar-refractivity contribution in [2.45, 2.75) is 19.9 Å². The van der Waals surface area contributed by atoms with Crippen LogP contribution in [0.5, 0.6) is 17.2 Å². The van der Waals surface area contributed by atoms with Crippen molar-refractivity contribution in [2.75, 3.05) is 20.8 Å². The molecule has 0 unspecified atom stereocenters. The van der Waals surface area contributed by atoms with Gasteiger partial charge in [0.05, 0.1) is 31.4 Å². The first-order chi connectivity index (χ1) is 16.4. The van der Waals surface area contributed by atoms with Gasteiger partial charge in [-0.3, -0.25) is 4.79 Å². The lowest BCUT2D eigenvalue weighted by molar-refractivity contribution is 0.0693. The minimum absolute atomic E-state index is 0.0617. The summed E-state index contributed by atoms with van der Waals surface area (Å²) in [6.45, 7) is 2.76. The van der Waals surface area contributed by atoms with E-state index in [1.165, 1.54) is 7.11 Å². The van der Waals surface area contributed by atoms with E-state index < -0.39 is 5.97 Å². The molecule has 7 nitrogen and oxygen atoms in total. The molecule has 8 heteroatoms. The largest absolute Gasteiger partial charge is 0.496 e. The van der Waals surface area contributed by atoms with Crippen molar-refractivity contribution in [3.05, 3.63) is 76.3 Å². The van der Waals surface area contributed by atoms with Crippen molar-refractivity contribution in [2.24, 2.45) is 0 Å². The molecule has 0 aliphatic carbocycles. The summed E-state index contributed by atoms with van der Waals surface area (Å²) in [4.78, 5) is 24.3. The molecule has 34 heavy (non-hydrogen) atoms. The molecule has 0 fully saturated rings. The van der Waals surface area contributed by atoms with Crippen LogP contribution in [0.1, 0.15) is 39.6 Å². The fraction of sp³-hybridized carbons (Fsp3) is 0.231. The van der Waals surface area contributed by atoms with Crippen LogP contribution in [0.4, 0.5) is 0 Å². The van der Waals surface area contributed by atoms with E-state index in [0.29, 0.717) is 34.3 Å². The predicted molar refractivity (Wildman–Crippen MR) is 130 cm³/mol. The van der Waals surface area contributed by atoms with Gasteiger partial charge in [-0.25, -0.2) is 4.79 Å².